The highest BCUT2D eigenvalue weighted by Crippen LogP contribution is 2.20. The molecule has 0 spiro atoms. The lowest BCUT2D eigenvalue weighted by Crippen LogP contribution is -1.87. The van der Waals surface area contributed by atoms with Crippen LogP contribution in [-0.2, 0) is 0 Å². The zero-order valence-electron chi connectivity index (χ0n) is 6.87. The largest absolute Gasteiger partial charge is 0.440 e. The molecule has 0 aliphatic rings. The smallest absolute Gasteiger partial charge is 0.256 e. The standard InChI is InChI=1S/C9H6ClNO2/c1-5-11-7-4-2-3-6(9(10)12)8(7)13-5/h2-4H,1H3. The molecule has 13 heavy (non-hydrogen) atoms. The van der Waals surface area contributed by atoms with Crippen molar-refractivity contribution in [2.24, 2.45) is 0 Å². The lowest BCUT2D eigenvalue weighted by atomic mass is 10.2. The van der Waals surface area contributed by atoms with Gasteiger partial charge in [0.2, 0.25) is 0 Å². The predicted molar refractivity (Wildman–Crippen MR) is 48.9 cm³/mol. The van der Waals surface area contributed by atoms with Crippen LogP contribution in [-0.4, -0.2) is 10.2 Å². The van der Waals surface area contributed by atoms with Crippen LogP contribution in [0.15, 0.2) is 22.6 Å². The van der Waals surface area contributed by atoms with Gasteiger partial charge in [-0.1, -0.05) is 6.07 Å². The molecule has 0 amide bonds. The van der Waals surface area contributed by atoms with Crippen LogP contribution in [0.25, 0.3) is 11.1 Å². The van der Waals surface area contributed by atoms with E-state index >= 15 is 0 Å². The quantitative estimate of drug-likeness (QED) is 0.657. The van der Waals surface area contributed by atoms with Gasteiger partial charge in [0.15, 0.2) is 11.5 Å². The molecule has 0 N–H and O–H groups in total. The van der Waals surface area contributed by atoms with Gasteiger partial charge in [-0.15, -0.1) is 0 Å². The third-order valence-electron chi connectivity index (χ3n) is 1.73. The number of carbonyl (C=O) groups excluding carboxylic acids is 1. The van der Waals surface area contributed by atoms with Crippen molar-refractivity contribution in [2.75, 3.05) is 0 Å². The first-order valence-electron chi connectivity index (χ1n) is 3.74. The van der Waals surface area contributed by atoms with Crippen LogP contribution < -0.4 is 0 Å². The number of aryl methyl sites for hydroxylation is 1. The fourth-order valence-corrected chi connectivity index (χ4v) is 1.36. The number of rotatable bonds is 1. The Morgan fingerprint density at radius 3 is 3.00 bits per heavy atom. The van der Waals surface area contributed by atoms with Gasteiger partial charge in [-0.05, 0) is 23.7 Å². The molecule has 0 bridgehead atoms. The van der Waals surface area contributed by atoms with Crippen LogP contribution in [0.1, 0.15) is 16.2 Å². The van der Waals surface area contributed by atoms with E-state index in [0.717, 1.165) is 0 Å². The Morgan fingerprint density at radius 2 is 2.31 bits per heavy atom. The topological polar surface area (TPSA) is 43.1 Å². The highest BCUT2D eigenvalue weighted by Gasteiger charge is 2.11. The van der Waals surface area contributed by atoms with Crippen molar-refractivity contribution in [3.63, 3.8) is 0 Å². The number of hydrogen-bond acceptors (Lipinski definition) is 3. The number of hydrogen-bond donors (Lipinski definition) is 0. The molecule has 66 valence electrons. The van der Waals surface area contributed by atoms with Gasteiger partial charge in [0.1, 0.15) is 5.52 Å². The Labute approximate surface area is 79.3 Å². The normalized spacial score (nSPS) is 10.6. The second kappa shape index (κ2) is 2.85. The molecule has 0 aliphatic carbocycles. The van der Waals surface area contributed by atoms with E-state index in [1.165, 1.54) is 0 Å². The van der Waals surface area contributed by atoms with Crippen LogP contribution in [0, 0.1) is 6.92 Å². The van der Waals surface area contributed by atoms with Gasteiger partial charge in [-0.3, -0.25) is 4.79 Å². The molecule has 3 nitrogen and oxygen atoms in total. The van der Waals surface area contributed by atoms with Gasteiger partial charge < -0.3 is 4.42 Å². The highest BCUT2D eigenvalue weighted by molar-refractivity contribution is 6.68. The number of para-hydroxylation sites is 1. The number of oxazole rings is 1. The van der Waals surface area contributed by atoms with Gasteiger partial charge in [-0.2, -0.15) is 0 Å². The third kappa shape index (κ3) is 1.31. The van der Waals surface area contributed by atoms with E-state index in [4.69, 9.17) is 16.0 Å². The van der Waals surface area contributed by atoms with Crippen LogP contribution in [0.3, 0.4) is 0 Å². The number of fused-ring (bicyclic) bond motifs is 1. The van der Waals surface area contributed by atoms with E-state index in [-0.39, 0.29) is 0 Å². The summed E-state index contributed by atoms with van der Waals surface area (Å²) >= 11 is 5.36. The molecule has 2 aromatic rings. The SMILES string of the molecule is Cc1nc2cccc(C(=O)Cl)c2o1. The molecule has 1 heterocycles. The van der Waals surface area contributed by atoms with Crippen molar-refractivity contribution < 1.29 is 9.21 Å². The van der Waals surface area contributed by atoms with Gasteiger partial charge in [0.25, 0.3) is 5.24 Å². The second-order valence-electron chi connectivity index (χ2n) is 2.66. The third-order valence-corrected chi connectivity index (χ3v) is 1.94. The summed E-state index contributed by atoms with van der Waals surface area (Å²) in [6.07, 6.45) is 0. The minimum Gasteiger partial charge on any atom is -0.440 e. The van der Waals surface area contributed by atoms with E-state index < -0.39 is 5.24 Å². The summed E-state index contributed by atoms with van der Waals surface area (Å²) in [6.45, 7) is 1.72. The zero-order chi connectivity index (χ0) is 9.42. The molecule has 0 unspecified atom stereocenters. The molecule has 0 saturated heterocycles. The molecule has 0 radical (unpaired) electrons. The van der Waals surface area contributed by atoms with Crippen molar-refractivity contribution in [3.05, 3.63) is 29.7 Å². The van der Waals surface area contributed by atoms with Crippen molar-refractivity contribution in [1.29, 1.82) is 0 Å². The van der Waals surface area contributed by atoms with Gasteiger partial charge in [0, 0.05) is 6.92 Å². The van der Waals surface area contributed by atoms with Crippen LogP contribution >= 0.6 is 11.6 Å². The Kier molecular flexibility index (Phi) is 1.81. The van der Waals surface area contributed by atoms with Gasteiger partial charge in [-0.25, -0.2) is 4.98 Å². The van der Waals surface area contributed by atoms with Crippen LogP contribution in [0.4, 0.5) is 0 Å². The number of nitrogens with zero attached hydrogens (tertiary/aromatic N) is 1. The summed E-state index contributed by atoms with van der Waals surface area (Å²) in [7, 11) is 0. The van der Waals surface area contributed by atoms with E-state index in [9.17, 15) is 4.79 Å². The van der Waals surface area contributed by atoms with E-state index in [1.807, 2.05) is 0 Å². The maximum Gasteiger partial charge on any atom is 0.256 e. The summed E-state index contributed by atoms with van der Waals surface area (Å²) in [5, 5.41) is -0.526. The first-order chi connectivity index (χ1) is 6.18. The van der Waals surface area contributed by atoms with E-state index in [0.29, 0.717) is 22.6 Å². The number of halogens is 1. The molecular formula is C9H6ClNO2. The second-order valence-corrected chi connectivity index (χ2v) is 3.00. The number of aromatic nitrogens is 1. The first-order valence-corrected chi connectivity index (χ1v) is 4.12. The lowest BCUT2D eigenvalue weighted by molar-refractivity contribution is 0.108. The Hall–Kier alpha value is -1.35. The molecular weight excluding hydrogens is 190 g/mol. The Balaban J connectivity index is 2.82. The molecule has 1 aromatic heterocycles. The Morgan fingerprint density at radius 1 is 1.54 bits per heavy atom. The first kappa shape index (κ1) is 8.26. The summed E-state index contributed by atoms with van der Waals surface area (Å²) < 4.78 is 5.24. The minimum atomic E-state index is -0.526. The monoisotopic (exact) mass is 195 g/mol. The van der Waals surface area contributed by atoms with E-state index in [1.54, 1.807) is 25.1 Å². The van der Waals surface area contributed by atoms with Crippen LogP contribution in [0.5, 0.6) is 0 Å². The number of carbonyl (C=O) groups is 1. The predicted octanol–water partition coefficient (Wildman–Crippen LogP) is 2.52. The lowest BCUT2D eigenvalue weighted by Gasteiger charge is -1.92. The van der Waals surface area contributed by atoms with Crippen LogP contribution in [0.2, 0.25) is 0 Å². The van der Waals surface area contributed by atoms with Crippen molar-refractivity contribution >= 4 is 27.9 Å². The average Bonchev–Trinajstić information content (AvgIpc) is 2.43. The van der Waals surface area contributed by atoms with Crippen molar-refractivity contribution in [2.45, 2.75) is 6.92 Å². The molecule has 0 atom stereocenters. The van der Waals surface area contributed by atoms with Gasteiger partial charge in [0.05, 0.1) is 5.56 Å². The summed E-state index contributed by atoms with van der Waals surface area (Å²) in [5.74, 6) is 0.528. The fourth-order valence-electron chi connectivity index (χ4n) is 1.22. The van der Waals surface area contributed by atoms with E-state index in [2.05, 4.69) is 4.98 Å². The molecule has 1 aromatic carbocycles. The van der Waals surface area contributed by atoms with Crippen molar-refractivity contribution in [1.82, 2.24) is 4.98 Å². The molecule has 0 saturated carbocycles. The highest BCUT2D eigenvalue weighted by atomic mass is 35.5. The molecule has 0 aliphatic heterocycles. The minimum absolute atomic E-state index is 0.361. The molecule has 4 heteroatoms. The summed E-state index contributed by atoms with van der Waals surface area (Å²) in [5.41, 5.74) is 1.48. The average molecular weight is 196 g/mol. The summed E-state index contributed by atoms with van der Waals surface area (Å²) in [4.78, 5) is 15.0. The molecule has 0 fully saturated rings. The summed E-state index contributed by atoms with van der Waals surface area (Å²) in [6, 6.07) is 5.11. The fraction of sp³-hybridized carbons (Fsp3) is 0.111. The van der Waals surface area contributed by atoms with Gasteiger partial charge >= 0.3 is 0 Å². The maximum atomic E-state index is 10.9. The zero-order valence-corrected chi connectivity index (χ0v) is 7.63. The number of benzene rings is 1. The Bertz CT molecular complexity index is 475. The molecule has 2 rings (SSSR count). The maximum absolute atomic E-state index is 10.9. The van der Waals surface area contributed by atoms with Crippen molar-refractivity contribution in [3.8, 4) is 0 Å².